The van der Waals surface area contributed by atoms with Crippen LogP contribution in [0.5, 0.6) is 11.6 Å². The van der Waals surface area contributed by atoms with E-state index in [9.17, 15) is 5.26 Å². The molecule has 0 spiro atoms. The molecule has 0 radical (unpaired) electrons. The Morgan fingerprint density at radius 2 is 1.73 bits per heavy atom. The zero-order valence-electron chi connectivity index (χ0n) is 27.9. The smallest absolute Gasteiger partial charge is 0.256 e. The first-order chi connectivity index (χ1) is 24.1. The van der Waals surface area contributed by atoms with E-state index in [4.69, 9.17) is 24.0 Å². The van der Waals surface area contributed by atoms with Crippen LogP contribution in [0.3, 0.4) is 0 Å². The predicted molar refractivity (Wildman–Crippen MR) is 178 cm³/mol. The number of nitriles is 1. The summed E-state index contributed by atoms with van der Waals surface area (Å²) in [5.74, 6) is 1.92. The lowest BCUT2D eigenvalue weighted by Crippen LogP contribution is -2.45. The SMILES string of the molecule is C[C@@H](Cn1cnnn1)Oc1cc(-c2cnc(Nc3cn([C@H]4CC[C@H](N5CCOCC5)CC4)nc3OCC3CCOCC3)nc2)ccc1C#N. The molecule has 15 nitrogen and oxygen atoms in total. The third kappa shape index (κ3) is 8.33. The number of nitrogens with one attached hydrogen (secondary N) is 1. The number of hydrogen-bond acceptors (Lipinski definition) is 13. The van der Waals surface area contributed by atoms with Crippen molar-refractivity contribution in [3.63, 3.8) is 0 Å². The fourth-order valence-electron chi connectivity index (χ4n) is 6.83. The normalized spacial score (nSPS) is 21.1. The van der Waals surface area contributed by atoms with E-state index in [0.717, 1.165) is 94.9 Å². The van der Waals surface area contributed by atoms with Gasteiger partial charge < -0.3 is 24.3 Å². The number of aromatic nitrogens is 8. The fraction of sp³-hybridized carbons (Fsp3) is 0.559. The monoisotopic (exact) mass is 669 g/mol. The van der Waals surface area contributed by atoms with Gasteiger partial charge in [0, 0.05) is 50.3 Å². The minimum Gasteiger partial charge on any atom is -0.487 e. The zero-order valence-corrected chi connectivity index (χ0v) is 27.9. The third-order valence-corrected chi connectivity index (χ3v) is 9.59. The second-order valence-electron chi connectivity index (χ2n) is 13.0. The van der Waals surface area contributed by atoms with Crippen LogP contribution in [0, 0.1) is 17.2 Å². The molecule has 1 aromatic carbocycles. The van der Waals surface area contributed by atoms with Gasteiger partial charge in [-0.25, -0.2) is 14.6 Å². The summed E-state index contributed by atoms with van der Waals surface area (Å²) < 4.78 is 27.2. The molecule has 7 rings (SSSR count). The number of benzene rings is 1. The van der Waals surface area contributed by atoms with Gasteiger partial charge in [0.1, 0.15) is 29.9 Å². The van der Waals surface area contributed by atoms with Gasteiger partial charge >= 0.3 is 0 Å². The molecular formula is C34H43N11O4. The topological polar surface area (TPSA) is 163 Å². The third-order valence-electron chi connectivity index (χ3n) is 9.59. The average Bonchev–Trinajstić information content (AvgIpc) is 3.82. The van der Waals surface area contributed by atoms with Crippen molar-refractivity contribution in [3.8, 4) is 28.8 Å². The molecule has 3 aromatic heterocycles. The van der Waals surface area contributed by atoms with Crippen LogP contribution in [0.15, 0.2) is 43.1 Å². The largest absolute Gasteiger partial charge is 0.487 e. The number of tetrazole rings is 1. The van der Waals surface area contributed by atoms with Crippen molar-refractivity contribution >= 4 is 11.6 Å². The van der Waals surface area contributed by atoms with E-state index in [2.05, 4.69) is 46.5 Å². The Morgan fingerprint density at radius 3 is 2.47 bits per heavy atom. The van der Waals surface area contributed by atoms with Crippen molar-refractivity contribution < 1.29 is 18.9 Å². The van der Waals surface area contributed by atoms with Crippen LogP contribution in [0.2, 0.25) is 0 Å². The molecule has 1 aliphatic carbocycles. The Morgan fingerprint density at radius 1 is 0.980 bits per heavy atom. The number of ether oxygens (including phenoxy) is 4. The zero-order chi connectivity index (χ0) is 33.4. The van der Waals surface area contributed by atoms with Crippen molar-refractivity contribution in [1.82, 2.24) is 44.9 Å². The minimum absolute atomic E-state index is 0.266. The Kier molecular flexibility index (Phi) is 10.5. The number of hydrogen-bond donors (Lipinski definition) is 1. The molecule has 3 aliphatic rings. The van der Waals surface area contributed by atoms with Crippen LogP contribution in [0.4, 0.5) is 11.6 Å². The van der Waals surface area contributed by atoms with Crippen molar-refractivity contribution in [1.29, 1.82) is 5.26 Å². The second kappa shape index (κ2) is 15.7. The molecule has 1 N–H and O–H groups in total. The summed E-state index contributed by atoms with van der Waals surface area (Å²) in [5, 5.41) is 29.2. The fourth-order valence-corrected chi connectivity index (χ4v) is 6.83. The number of morpholine rings is 1. The van der Waals surface area contributed by atoms with Gasteiger partial charge in [0.25, 0.3) is 5.88 Å². The molecule has 1 saturated carbocycles. The standard InChI is InChI=1S/C34H43N11O4/c1-24(20-44-23-38-41-42-44)49-32-16-26(2-3-27(32)17-35)28-18-36-34(37-19-28)39-31-21-45(40-33(31)48-22-25-8-12-46-13-9-25)30-6-4-29(5-7-30)43-10-14-47-15-11-43/h2-3,16,18-19,21,23-25,29-30H,4-15,20,22H2,1H3,(H,36,37,39)/t24-,29-,30-/m0/s1. The maximum atomic E-state index is 9.68. The molecule has 0 unspecified atom stereocenters. The molecule has 49 heavy (non-hydrogen) atoms. The lowest BCUT2D eigenvalue weighted by Gasteiger charge is -2.38. The molecular weight excluding hydrogens is 626 g/mol. The van der Waals surface area contributed by atoms with Crippen molar-refractivity contribution in [2.45, 2.75) is 70.2 Å². The molecule has 15 heteroatoms. The van der Waals surface area contributed by atoms with Crippen LogP contribution in [-0.4, -0.2) is 103 Å². The molecule has 1 atom stereocenters. The second-order valence-corrected chi connectivity index (χ2v) is 13.0. The lowest BCUT2D eigenvalue weighted by molar-refractivity contribution is 0.00501. The lowest BCUT2D eigenvalue weighted by atomic mass is 9.90. The van der Waals surface area contributed by atoms with Gasteiger partial charge in [-0.1, -0.05) is 6.07 Å². The Bertz CT molecular complexity index is 1670. The van der Waals surface area contributed by atoms with Gasteiger partial charge in [-0.2, -0.15) is 5.26 Å². The summed E-state index contributed by atoms with van der Waals surface area (Å²) in [6, 6.07) is 8.57. The summed E-state index contributed by atoms with van der Waals surface area (Å²) in [6.45, 7) is 8.19. The first kappa shape index (κ1) is 32.9. The molecule has 5 heterocycles. The van der Waals surface area contributed by atoms with Crippen LogP contribution in [0.1, 0.15) is 57.1 Å². The summed E-state index contributed by atoms with van der Waals surface area (Å²) in [6.07, 6.45) is 13.2. The molecule has 258 valence electrons. The van der Waals surface area contributed by atoms with Gasteiger partial charge in [-0.15, -0.1) is 10.2 Å². The van der Waals surface area contributed by atoms with Crippen LogP contribution < -0.4 is 14.8 Å². The highest BCUT2D eigenvalue weighted by molar-refractivity contribution is 5.67. The van der Waals surface area contributed by atoms with E-state index in [1.807, 2.05) is 25.3 Å². The van der Waals surface area contributed by atoms with E-state index < -0.39 is 0 Å². The van der Waals surface area contributed by atoms with E-state index in [1.54, 1.807) is 23.1 Å². The summed E-state index contributed by atoms with van der Waals surface area (Å²) >= 11 is 0. The number of anilines is 2. The van der Waals surface area contributed by atoms with Crippen molar-refractivity contribution in [3.05, 3.63) is 48.7 Å². The number of nitrogens with zero attached hydrogens (tertiary/aromatic N) is 10. The van der Waals surface area contributed by atoms with E-state index in [0.29, 0.717) is 54.3 Å². The maximum absolute atomic E-state index is 9.68. The van der Waals surface area contributed by atoms with E-state index in [1.165, 1.54) is 6.33 Å². The Hall–Kier alpha value is -4.65. The highest BCUT2D eigenvalue weighted by Gasteiger charge is 2.29. The first-order valence-corrected chi connectivity index (χ1v) is 17.2. The summed E-state index contributed by atoms with van der Waals surface area (Å²) in [7, 11) is 0. The number of rotatable bonds is 12. The van der Waals surface area contributed by atoms with Gasteiger partial charge in [0.05, 0.1) is 44.2 Å². The Balaban J connectivity index is 1.04. The predicted octanol–water partition coefficient (Wildman–Crippen LogP) is 4.03. The summed E-state index contributed by atoms with van der Waals surface area (Å²) in [5.41, 5.74) is 2.81. The molecule has 4 aromatic rings. The highest BCUT2D eigenvalue weighted by atomic mass is 16.5. The molecule has 0 amide bonds. The van der Waals surface area contributed by atoms with Gasteiger partial charge in [-0.05, 0) is 79.5 Å². The maximum Gasteiger partial charge on any atom is 0.256 e. The van der Waals surface area contributed by atoms with E-state index in [-0.39, 0.29) is 6.10 Å². The molecule has 0 bridgehead atoms. The van der Waals surface area contributed by atoms with Crippen molar-refractivity contribution in [2.75, 3.05) is 51.4 Å². The van der Waals surface area contributed by atoms with Gasteiger partial charge in [0.2, 0.25) is 5.95 Å². The molecule has 3 fully saturated rings. The molecule has 2 saturated heterocycles. The van der Waals surface area contributed by atoms with Crippen LogP contribution >= 0.6 is 0 Å². The van der Waals surface area contributed by atoms with Crippen LogP contribution in [0.25, 0.3) is 11.1 Å². The highest BCUT2D eigenvalue weighted by Crippen LogP contribution is 2.35. The Labute approximate surface area is 285 Å². The first-order valence-electron chi connectivity index (χ1n) is 17.2. The quantitative estimate of drug-likeness (QED) is 0.230. The van der Waals surface area contributed by atoms with E-state index >= 15 is 0 Å². The molecule has 2 aliphatic heterocycles. The minimum atomic E-state index is -0.266. The average molecular weight is 670 g/mol. The van der Waals surface area contributed by atoms with Gasteiger partial charge in [-0.3, -0.25) is 9.58 Å². The van der Waals surface area contributed by atoms with Gasteiger partial charge in [0.15, 0.2) is 0 Å². The van der Waals surface area contributed by atoms with Crippen LogP contribution in [-0.2, 0) is 16.0 Å². The van der Waals surface area contributed by atoms with Crippen molar-refractivity contribution in [2.24, 2.45) is 5.92 Å². The summed E-state index contributed by atoms with van der Waals surface area (Å²) in [4.78, 5) is 11.8.